The molecule has 0 aromatic rings. The molecule has 0 aromatic carbocycles. The summed E-state index contributed by atoms with van der Waals surface area (Å²) in [4.78, 5) is 15.3. The number of ether oxygens (including phenoxy) is 2. The van der Waals surface area contributed by atoms with E-state index in [4.69, 9.17) is 4.74 Å². The van der Waals surface area contributed by atoms with Crippen LogP contribution < -0.4 is 10.6 Å². The van der Waals surface area contributed by atoms with Gasteiger partial charge in [-0.25, -0.2) is 9.79 Å². The molecule has 0 amide bonds. The predicted molar refractivity (Wildman–Crippen MR) is 62.5 cm³/mol. The van der Waals surface area contributed by atoms with Crippen molar-refractivity contribution in [3.63, 3.8) is 0 Å². The molecule has 0 heterocycles. The molecule has 0 radical (unpaired) electrons. The van der Waals surface area contributed by atoms with Crippen molar-refractivity contribution in [3.05, 3.63) is 0 Å². The van der Waals surface area contributed by atoms with Gasteiger partial charge in [-0.1, -0.05) is 0 Å². The van der Waals surface area contributed by atoms with E-state index >= 15 is 0 Å². The lowest BCUT2D eigenvalue weighted by Gasteiger charge is -2.08. The molecule has 94 valence electrons. The van der Waals surface area contributed by atoms with Gasteiger partial charge in [-0.05, 0) is 26.9 Å². The minimum Gasteiger partial charge on any atom is -0.391 e. The van der Waals surface area contributed by atoms with Gasteiger partial charge in [0.25, 0.3) is 6.02 Å². The minimum atomic E-state index is -0.448. The number of carbonyl (C=O) groups excluding carboxylic acids is 1. The van der Waals surface area contributed by atoms with Crippen LogP contribution in [0.15, 0.2) is 4.99 Å². The summed E-state index contributed by atoms with van der Waals surface area (Å²) in [6.07, 6.45) is 0.896. The maximum Gasteiger partial charge on any atom is 0.339 e. The molecule has 0 aromatic heterocycles. The number of hydrogen-bond acceptors (Lipinski definition) is 5. The Hall–Kier alpha value is -1.14. The van der Waals surface area contributed by atoms with Crippen LogP contribution in [-0.2, 0) is 14.3 Å². The molecule has 0 aliphatic carbocycles. The van der Waals surface area contributed by atoms with E-state index in [0.717, 1.165) is 13.0 Å². The van der Waals surface area contributed by atoms with Gasteiger partial charge in [0.05, 0.1) is 0 Å². The number of hydrogen-bond donors (Lipinski definition) is 2. The quantitative estimate of drug-likeness (QED) is 0.274. The Morgan fingerprint density at radius 1 is 1.44 bits per heavy atom. The third-order valence-electron chi connectivity index (χ3n) is 1.64. The Labute approximate surface area is 96.4 Å². The molecule has 0 aliphatic heterocycles. The molecule has 0 bridgehead atoms. The van der Waals surface area contributed by atoms with Crippen molar-refractivity contribution >= 4 is 12.0 Å². The van der Waals surface area contributed by atoms with Crippen LogP contribution in [0.25, 0.3) is 0 Å². The van der Waals surface area contributed by atoms with Crippen molar-refractivity contribution in [1.29, 1.82) is 0 Å². The number of aliphatic imine (C=N–C) groups is 1. The molecule has 0 unspecified atom stereocenters. The highest BCUT2D eigenvalue weighted by Crippen LogP contribution is 1.86. The van der Waals surface area contributed by atoms with E-state index < -0.39 is 5.97 Å². The average molecular weight is 231 g/mol. The largest absolute Gasteiger partial charge is 0.391 e. The second-order valence-electron chi connectivity index (χ2n) is 3.08. The van der Waals surface area contributed by atoms with Gasteiger partial charge in [0.15, 0.2) is 0 Å². The lowest BCUT2D eigenvalue weighted by molar-refractivity contribution is -0.139. The number of carbonyl (C=O) groups is 1. The fourth-order valence-corrected chi connectivity index (χ4v) is 0.967. The second-order valence-corrected chi connectivity index (χ2v) is 3.08. The second kappa shape index (κ2) is 10.4. The molecule has 0 atom stereocenters. The molecule has 0 saturated heterocycles. The monoisotopic (exact) mass is 231 g/mol. The number of esters is 1. The summed E-state index contributed by atoms with van der Waals surface area (Å²) in [5, 5.41) is 5.90. The average Bonchev–Trinajstić information content (AvgIpc) is 2.25. The molecule has 6 heteroatoms. The molecule has 0 aliphatic rings. The van der Waals surface area contributed by atoms with Crippen molar-refractivity contribution in [2.45, 2.75) is 13.3 Å². The lowest BCUT2D eigenvalue weighted by atomic mass is 10.4. The van der Waals surface area contributed by atoms with Crippen molar-refractivity contribution in [3.8, 4) is 0 Å². The van der Waals surface area contributed by atoms with Crippen molar-refractivity contribution in [2.24, 2.45) is 4.99 Å². The Morgan fingerprint density at radius 2 is 2.19 bits per heavy atom. The Balaban J connectivity index is 3.98. The zero-order valence-corrected chi connectivity index (χ0v) is 10.2. The number of methoxy groups -OCH3 is 1. The summed E-state index contributed by atoms with van der Waals surface area (Å²) in [5.41, 5.74) is 0. The van der Waals surface area contributed by atoms with Gasteiger partial charge in [0.1, 0.15) is 6.61 Å². The van der Waals surface area contributed by atoms with E-state index in [9.17, 15) is 4.79 Å². The summed E-state index contributed by atoms with van der Waals surface area (Å²) >= 11 is 0. The summed E-state index contributed by atoms with van der Waals surface area (Å²) in [7, 11) is 3.33. The molecule has 0 rings (SSSR count). The van der Waals surface area contributed by atoms with E-state index in [1.54, 1.807) is 0 Å². The molecule has 6 nitrogen and oxygen atoms in total. The maximum absolute atomic E-state index is 11.1. The molecule has 2 N–H and O–H groups in total. The van der Waals surface area contributed by atoms with E-state index in [1.165, 1.54) is 7.11 Å². The molecular weight excluding hydrogens is 210 g/mol. The van der Waals surface area contributed by atoms with Gasteiger partial charge < -0.3 is 20.1 Å². The first-order valence-electron chi connectivity index (χ1n) is 5.37. The van der Waals surface area contributed by atoms with E-state index in [1.807, 2.05) is 14.0 Å². The van der Waals surface area contributed by atoms with Crippen LogP contribution in [0.2, 0.25) is 0 Å². The van der Waals surface area contributed by atoms with Crippen LogP contribution in [0.5, 0.6) is 0 Å². The van der Waals surface area contributed by atoms with E-state index in [2.05, 4.69) is 20.4 Å². The van der Waals surface area contributed by atoms with Crippen LogP contribution in [0, 0.1) is 0 Å². The molecular formula is C10H21N3O3. The van der Waals surface area contributed by atoms with Crippen molar-refractivity contribution in [1.82, 2.24) is 10.6 Å². The number of amidine groups is 1. The zero-order valence-electron chi connectivity index (χ0n) is 10.2. The van der Waals surface area contributed by atoms with Crippen LogP contribution in [0.3, 0.4) is 0 Å². The zero-order chi connectivity index (χ0) is 12.2. The standard InChI is InChI=1S/C10H21N3O3/c1-4-12-10(13-7-5-6-11-2)16-9(14)8-15-3/h11H,4-8H2,1-3H3,(H,12,13). The van der Waals surface area contributed by atoms with Gasteiger partial charge in [-0.2, -0.15) is 0 Å². The van der Waals surface area contributed by atoms with E-state index in [0.29, 0.717) is 13.1 Å². The fourth-order valence-electron chi connectivity index (χ4n) is 0.967. The van der Waals surface area contributed by atoms with Crippen LogP contribution in [0.4, 0.5) is 0 Å². The van der Waals surface area contributed by atoms with Crippen LogP contribution in [-0.4, -0.2) is 52.4 Å². The Bertz CT molecular complexity index is 219. The smallest absolute Gasteiger partial charge is 0.339 e. The first-order chi connectivity index (χ1) is 7.74. The van der Waals surface area contributed by atoms with Gasteiger partial charge in [-0.3, -0.25) is 0 Å². The van der Waals surface area contributed by atoms with Crippen LogP contribution in [0.1, 0.15) is 13.3 Å². The lowest BCUT2D eigenvalue weighted by Crippen LogP contribution is -2.30. The van der Waals surface area contributed by atoms with Gasteiger partial charge in [0.2, 0.25) is 0 Å². The SMILES string of the molecule is CCNC(=NCCCNC)OC(=O)COC. The highest BCUT2D eigenvalue weighted by atomic mass is 16.6. The Kier molecular flexibility index (Phi) is 9.64. The first kappa shape index (κ1) is 14.9. The number of nitrogens with one attached hydrogen (secondary N) is 2. The number of nitrogens with zero attached hydrogens (tertiary/aromatic N) is 1. The maximum atomic E-state index is 11.1. The van der Waals surface area contributed by atoms with E-state index in [-0.39, 0.29) is 12.6 Å². The number of rotatable bonds is 7. The summed E-state index contributed by atoms with van der Waals surface area (Å²) in [6, 6.07) is 0.264. The fraction of sp³-hybridized carbons (Fsp3) is 0.800. The van der Waals surface area contributed by atoms with Crippen molar-refractivity contribution < 1.29 is 14.3 Å². The first-order valence-corrected chi connectivity index (χ1v) is 5.37. The third kappa shape index (κ3) is 8.19. The molecule has 16 heavy (non-hydrogen) atoms. The summed E-state index contributed by atoms with van der Waals surface area (Å²) in [6.45, 7) is 4.00. The Morgan fingerprint density at radius 3 is 2.75 bits per heavy atom. The van der Waals surface area contributed by atoms with Crippen LogP contribution >= 0.6 is 0 Å². The summed E-state index contributed by atoms with van der Waals surface area (Å²) in [5.74, 6) is -0.448. The van der Waals surface area contributed by atoms with Gasteiger partial charge in [0, 0.05) is 20.2 Å². The normalized spacial score (nSPS) is 11.3. The molecule has 0 spiro atoms. The molecule has 0 fully saturated rings. The van der Waals surface area contributed by atoms with Crippen molar-refractivity contribution in [2.75, 3.05) is 40.4 Å². The minimum absolute atomic E-state index is 0.0685. The third-order valence-corrected chi connectivity index (χ3v) is 1.64. The summed E-state index contributed by atoms with van der Waals surface area (Å²) < 4.78 is 9.62. The van der Waals surface area contributed by atoms with Gasteiger partial charge >= 0.3 is 5.97 Å². The molecule has 0 saturated carbocycles. The van der Waals surface area contributed by atoms with Gasteiger partial charge in [-0.15, -0.1) is 0 Å². The predicted octanol–water partition coefficient (Wildman–Crippen LogP) is -0.249. The highest BCUT2D eigenvalue weighted by molar-refractivity contribution is 5.87. The highest BCUT2D eigenvalue weighted by Gasteiger charge is 2.06. The topological polar surface area (TPSA) is 72.0 Å².